The number of hydrogen-bond acceptors (Lipinski definition) is 7. The quantitative estimate of drug-likeness (QED) is 0.601. The van der Waals surface area contributed by atoms with Crippen LogP contribution in [0.1, 0.15) is 41.0 Å². The van der Waals surface area contributed by atoms with Crippen molar-refractivity contribution in [2.24, 2.45) is 5.16 Å². The van der Waals surface area contributed by atoms with Crippen molar-refractivity contribution >= 4 is 17.8 Å². The van der Waals surface area contributed by atoms with Gasteiger partial charge in [0.25, 0.3) is 0 Å². The van der Waals surface area contributed by atoms with Gasteiger partial charge in [-0.05, 0) is 51.5 Å². The van der Waals surface area contributed by atoms with E-state index in [1.165, 1.54) is 0 Å². The van der Waals surface area contributed by atoms with Crippen LogP contribution in [0.3, 0.4) is 0 Å². The number of anilines is 1. The summed E-state index contributed by atoms with van der Waals surface area (Å²) in [5.41, 5.74) is 6.61. The third-order valence-corrected chi connectivity index (χ3v) is 5.25. The second-order valence-electron chi connectivity index (χ2n) is 7.88. The summed E-state index contributed by atoms with van der Waals surface area (Å²) in [6.07, 6.45) is 5.97. The van der Waals surface area contributed by atoms with E-state index in [-0.39, 0.29) is 0 Å². The number of oxime groups is 1. The SMILES string of the molecule is C=C1C(c2ccc(C)c(-c3cnc(NC)cn3)c2)=NOC1(C)C.Cc1ncccc1C=O. The molecule has 2 aromatic heterocycles. The normalized spacial score (nSPS) is 14.0. The Kier molecular flexibility index (Phi) is 6.78. The first-order valence-electron chi connectivity index (χ1n) is 10.2. The van der Waals surface area contributed by atoms with Gasteiger partial charge >= 0.3 is 0 Å². The molecule has 4 rings (SSSR count). The third kappa shape index (κ3) is 4.88. The van der Waals surface area contributed by atoms with E-state index in [2.05, 4.69) is 51.1 Å². The van der Waals surface area contributed by atoms with Crippen LogP contribution in [0.25, 0.3) is 11.3 Å². The molecule has 1 aliphatic rings. The molecule has 7 nitrogen and oxygen atoms in total. The van der Waals surface area contributed by atoms with Gasteiger partial charge in [0.15, 0.2) is 11.9 Å². The van der Waals surface area contributed by atoms with Crippen molar-refractivity contribution in [2.45, 2.75) is 33.3 Å². The van der Waals surface area contributed by atoms with Gasteiger partial charge in [-0.15, -0.1) is 0 Å². The van der Waals surface area contributed by atoms with Crippen LogP contribution in [0.4, 0.5) is 5.82 Å². The summed E-state index contributed by atoms with van der Waals surface area (Å²) < 4.78 is 0. The van der Waals surface area contributed by atoms with E-state index in [1.54, 1.807) is 30.7 Å². The molecule has 0 amide bonds. The van der Waals surface area contributed by atoms with E-state index in [4.69, 9.17) is 4.84 Å². The summed E-state index contributed by atoms with van der Waals surface area (Å²) in [5.74, 6) is 0.742. The molecule has 0 spiro atoms. The first-order chi connectivity index (χ1) is 15.3. The van der Waals surface area contributed by atoms with Gasteiger partial charge in [0.05, 0.1) is 18.1 Å². The van der Waals surface area contributed by atoms with Crippen LogP contribution in [0.15, 0.2) is 66.2 Å². The second kappa shape index (κ2) is 9.51. The Labute approximate surface area is 188 Å². The molecule has 164 valence electrons. The Morgan fingerprint density at radius 1 is 1.09 bits per heavy atom. The Hall–Kier alpha value is -3.87. The molecule has 7 heteroatoms. The van der Waals surface area contributed by atoms with Crippen molar-refractivity contribution in [3.63, 3.8) is 0 Å². The molecular formula is C25H27N5O2. The maximum atomic E-state index is 10.2. The Morgan fingerprint density at radius 3 is 2.41 bits per heavy atom. The predicted molar refractivity (Wildman–Crippen MR) is 127 cm³/mol. The molecule has 0 radical (unpaired) electrons. The van der Waals surface area contributed by atoms with Crippen LogP contribution in [-0.4, -0.2) is 39.6 Å². The lowest BCUT2D eigenvalue weighted by Gasteiger charge is -2.16. The molecule has 0 saturated heterocycles. The molecule has 3 heterocycles. The molecule has 0 fully saturated rings. The minimum atomic E-state index is -0.464. The summed E-state index contributed by atoms with van der Waals surface area (Å²) >= 11 is 0. The number of pyridine rings is 1. The van der Waals surface area contributed by atoms with Crippen molar-refractivity contribution in [3.8, 4) is 11.3 Å². The lowest BCUT2D eigenvalue weighted by Crippen LogP contribution is -2.22. The molecule has 3 aromatic rings. The zero-order valence-corrected chi connectivity index (χ0v) is 19.0. The number of nitrogens with zero attached hydrogens (tertiary/aromatic N) is 4. The zero-order chi connectivity index (χ0) is 23.3. The fourth-order valence-electron chi connectivity index (χ4n) is 3.04. The minimum absolute atomic E-state index is 0.464. The van der Waals surface area contributed by atoms with E-state index in [0.29, 0.717) is 5.56 Å². The van der Waals surface area contributed by atoms with E-state index in [0.717, 1.165) is 51.5 Å². The smallest absolute Gasteiger partial charge is 0.158 e. The molecule has 32 heavy (non-hydrogen) atoms. The molecule has 1 aliphatic heterocycles. The highest BCUT2D eigenvalue weighted by atomic mass is 16.7. The molecular weight excluding hydrogens is 402 g/mol. The highest BCUT2D eigenvalue weighted by Gasteiger charge is 2.34. The van der Waals surface area contributed by atoms with Gasteiger partial charge < -0.3 is 10.2 Å². The van der Waals surface area contributed by atoms with Crippen LogP contribution in [0.2, 0.25) is 0 Å². The number of hydrogen-bond donors (Lipinski definition) is 1. The van der Waals surface area contributed by atoms with E-state index >= 15 is 0 Å². The standard InChI is InChI=1S/C18H20N4O.C7H7NO/c1-11-6-7-13(17-12(2)18(3,4)23-22-17)8-14(11)15-9-21-16(19-5)10-20-15;1-6-7(5-9)3-2-4-8-6/h6-10H,2H2,1,3-5H3,(H,19,21);2-5H,1H3. The van der Waals surface area contributed by atoms with Crippen molar-refractivity contribution in [1.29, 1.82) is 0 Å². The first kappa shape index (κ1) is 22.8. The van der Waals surface area contributed by atoms with Crippen LogP contribution in [0, 0.1) is 13.8 Å². The van der Waals surface area contributed by atoms with E-state index < -0.39 is 5.60 Å². The summed E-state index contributed by atoms with van der Waals surface area (Å²) in [6.45, 7) is 11.9. The van der Waals surface area contributed by atoms with Gasteiger partial charge in [0.1, 0.15) is 11.5 Å². The number of nitrogens with one attached hydrogen (secondary N) is 1. The molecule has 0 saturated carbocycles. The third-order valence-electron chi connectivity index (χ3n) is 5.25. The fourth-order valence-corrected chi connectivity index (χ4v) is 3.04. The fraction of sp³-hybridized carbons (Fsp3) is 0.240. The molecule has 0 aliphatic carbocycles. The number of aromatic nitrogens is 3. The van der Waals surface area contributed by atoms with Crippen LogP contribution in [0.5, 0.6) is 0 Å². The minimum Gasteiger partial charge on any atom is -0.384 e. The predicted octanol–water partition coefficient (Wildman–Crippen LogP) is 4.77. The van der Waals surface area contributed by atoms with Crippen molar-refractivity contribution in [1.82, 2.24) is 15.0 Å². The van der Waals surface area contributed by atoms with Crippen LogP contribution in [-0.2, 0) is 4.84 Å². The number of carbonyl (C=O) groups excluding carboxylic acids is 1. The Bertz CT molecular complexity index is 1170. The summed E-state index contributed by atoms with van der Waals surface area (Å²) in [5, 5.41) is 7.17. The molecule has 0 atom stereocenters. The highest BCUT2D eigenvalue weighted by molar-refractivity contribution is 6.14. The molecule has 0 unspecified atom stereocenters. The first-order valence-corrected chi connectivity index (χ1v) is 10.2. The highest BCUT2D eigenvalue weighted by Crippen LogP contribution is 2.32. The Morgan fingerprint density at radius 2 is 1.88 bits per heavy atom. The van der Waals surface area contributed by atoms with Crippen LogP contribution < -0.4 is 5.32 Å². The van der Waals surface area contributed by atoms with Gasteiger partial charge in [-0.3, -0.25) is 14.8 Å². The largest absolute Gasteiger partial charge is 0.384 e. The van der Waals surface area contributed by atoms with E-state index in [1.807, 2.05) is 33.9 Å². The second-order valence-corrected chi connectivity index (χ2v) is 7.88. The number of aryl methyl sites for hydroxylation is 2. The van der Waals surface area contributed by atoms with Gasteiger partial charge in [-0.25, -0.2) is 4.98 Å². The van der Waals surface area contributed by atoms with Crippen molar-refractivity contribution in [3.05, 3.63) is 83.5 Å². The number of carbonyl (C=O) groups is 1. The lowest BCUT2D eigenvalue weighted by atomic mass is 9.90. The van der Waals surface area contributed by atoms with Gasteiger partial charge in [-0.2, -0.15) is 0 Å². The Balaban J connectivity index is 0.000000269. The number of rotatable bonds is 4. The van der Waals surface area contributed by atoms with Gasteiger partial charge in [0.2, 0.25) is 0 Å². The average Bonchev–Trinajstić information content (AvgIpc) is 3.07. The van der Waals surface area contributed by atoms with E-state index in [9.17, 15) is 4.79 Å². The molecule has 0 bridgehead atoms. The maximum absolute atomic E-state index is 10.2. The monoisotopic (exact) mass is 429 g/mol. The maximum Gasteiger partial charge on any atom is 0.158 e. The van der Waals surface area contributed by atoms with Crippen LogP contribution >= 0.6 is 0 Å². The summed E-state index contributed by atoms with van der Waals surface area (Å²) in [4.78, 5) is 28.4. The molecule has 1 aromatic carbocycles. The average molecular weight is 430 g/mol. The summed E-state index contributed by atoms with van der Waals surface area (Å²) in [6, 6.07) is 9.64. The lowest BCUT2D eigenvalue weighted by molar-refractivity contribution is 0.0352. The van der Waals surface area contributed by atoms with Gasteiger partial charge in [-0.1, -0.05) is 23.9 Å². The number of benzene rings is 1. The van der Waals surface area contributed by atoms with Crippen molar-refractivity contribution in [2.75, 3.05) is 12.4 Å². The zero-order valence-electron chi connectivity index (χ0n) is 19.0. The molecule has 1 N–H and O–H groups in total. The summed E-state index contributed by atoms with van der Waals surface area (Å²) in [7, 11) is 1.82. The topological polar surface area (TPSA) is 89.4 Å². The number of aldehydes is 1. The van der Waals surface area contributed by atoms with Gasteiger partial charge in [0, 0.05) is 41.2 Å². The van der Waals surface area contributed by atoms with Crippen molar-refractivity contribution < 1.29 is 9.63 Å².